The molecule has 2 rings (SSSR count). The molecule has 0 saturated carbocycles. The number of imide groups is 1. The molecule has 2 aromatic rings. The zero-order chi connectivity index (χ0) is 16.7. The highest BCUT2D eigenvalue weighted by molar-refractivity contribution is 7.10. The molecule has 1 heterocycles. The van der Waals surface area contributed by atoms with E-state index in [1.807, 2.05) is 47.7 Å². The van der Waals surface area contributed by atoms with Crippen LogP contribution in [0.15, 0.2) is 41.8 Å². The van der Waals surface area contributed by atoms with E-state index in [-0.39, 0.29) is 12.5 Å². The topological polar surface area (TPSA) is 61.4 Å². The number of likely N-dealkylation sites (N-methyl/N-ethyl adjacent to an activating group) is 1. The summed E-state index contributed by atoms with van der Waals surface area (Å²) in [4.78, 5) is 26.7. The lowest BCUT2D eigenvalue weighted by atomic mass is 10.2. The fourth-order valence-corrected chi connectivity index (χ4v) is 3.09. The van der Waals surface area contributed by atoms with Crippen LogP contribution in [0.5, 0.6) is 0 Å². The average Bonchev–Trinajstić information content (AvgIpc) is 2.91. The Morgan fingerprint density at radius 2 is 1.91 bits per heavy atom. The summed E-state index contributed by atoms with van der Waals surface area (Å²) >= 11 is 1.67. The summed E-state index contributed by atoms with van der Waals surface area (Å²) < 4.78 is 0. The van der Waals surface area contributed by atoms with Gasteiger partial charge in [-0.3, -0.25) is 15.0 Å². The molecule has 5 nitrogen and oxygen atoms in total. The monoisotopic (exact) mass is 331 g/mol. The van der Waals surface area contributed by atoms with Crippen molar-refractivity contribution in [2.75, 3.05) is 13.6 Å². The number of urea groups is 1. The van der Waals surface area contributed by atoms with Gasteiger partial charge in [0, 0.05) is 18.0 Å². The highest BCUT2D eigenvalue weighted by atomic mass is 32.1. The van der Waals surface area contributed by atoms with Crippen molar-refractivity contribution in [3.63, 3.8) is 0 Å². The number of rotatable bonds is 6. The molecule has 0 unspecified atom stereocenters. The van der Waals surface area contributed by atoms with E-state index in [0.29, 0.717) is 13.1 Å². The van der Waals surface area contributed by atoms with Crippen molar-refractivity contribution in [2.45, 2.75) is 20.0 Å². The Morgan fingerprint density at radius 1 is 1.17 bits per heavy atom. The summed E-state index contributed by atoms with van der Waals surface area (Å²) in [5.74, 6) is -0.313. The maximum Gasteiger partial charge on any atom is 0.321 e. The van der Waals surface area contributed by atoms with Gasteiger partial charge in [0.2, 0.25) is 5.91 Å². The molecule has 2 N–H and O–H groups in total. The van der Waals surface area contributed by atoms with Crippen molar-refractivity contribution < 1.29 is 9.59 Å². The number of hydrogen-bond donors (Lipinski definition) is 2. The van der Waals surface area contributed by atoms with Crippen LogP contribution < -0.4 is 10.6 Å². The molecule has 0 aliphatic heterocycles. The van der Waals surface area contributed by atoms with Gasteiger partial charge in [-0.05, 0) is 36.5 Å². The molecule has 3 amide bonds. The Kier molecular flexibility index (Phi) is 6.31. The van der Waals surface area contributed by atoms with Crippen LogP contribution >= 0.6 is 11.3 Å². The van der Waals surface area contributed by atoms with E-state index in [9.17, 15) is 9.59 Å². The summed E-state index contributed by atoms with van der Waals surface area (Å²) in [5.41, 5.74) is 2.21. The lowest BCUT2D eigenvalue weighted by Gasteiger charge is -2.15. The molecule has 122 valence electrons. The van der Waals surface area contributed by atoms with Crippen molar-refractivity contribution in [1.29, 1.82) is 0 Å². The van der Waals surface area contributed by atoms with Crippen molar-refractivity contribution in [1.82, 2.24) is 15.5 Å². The molecule has 0 atom stereocenters. The van der Waals surface area contributed by atoms with Crippen LogP contribution in [0.3, 0.4) is 0 Å². The lowest BCUT2D eigenvalue weighted by Crippen LogP contribution is -2.43. The molecule has 0 spiro atoms. The lowest BCUT2D eigenvalue weighted by molar-refractivity contribution is -0.120. The number of amides is 3. The number of carbonyl (C=O) groups is 2. The van der Waals surface area contributed by atoms with Gasteiger partial charge in [-0.25, -0.2) is 4.79 Å². The third kappa shape index (κ3) is 5.84. The molecule has 0 bridgehead atoms. The zero-order valence-corrected chi connectivity index (χ0v) is 14.2. The predicted molar refractivity (Wildman–Crippen MR) is 92.2 cm³/mol. The van der Waals surface area contributed by atoms with E-state index in [0.717, 1.165) is 5.56 Å². The minimum atomic E-state index is -0.473. The van der Waals surface area contributed by atoms with Crippen LogP contribution in [0.4, 0.5) is 4.79 Å². The number of thiophene rings is 1. The second kappa shape index (κ2) is 8.45. The summed E-state index contributed by atoms with van der Waals surface area (Å²) in [6.07, 6.45) is 0. The molecule has 0 aliphatic rings. The third-order valence-corrected chi connectivity index (χ3v) is 4.35. The van der Waals surface area contributed by atoms with Crippen LogP contribution in [-0.4, -0.2) is 30.4 Å². The summed E-state index contributed by atoms with van der Waals surface area (Å²) in [6, 6.07) is 11.1. The van der Waals surface area contributed by atoms with Gasteiger partial charge < -0.3 is 5.32 Å². The Morgan fingerprint density at radius 3 is 2.57 bits per heavy atom. The van der Waals surface area contributed by atoms with Gasteiger partial charge in [-0.1, -0.05) is 30.3 Å². The first-order chi connectivity index (χ1) is 11.0. The van der Waals surface area contributed by atoms with E-state index in [2.05, 4.69) is 23.6 Å². The summed E-state index contributed by atoms with van der Waals surface area (Å²) in [5, 5.41) is 7.06. The third-order valence-electron chi connectivity index (χ3n) is 3.34. The molecule has 0 fully saturated rings. The highest BCUT2D eigenvalue weighted by Gasteiger charge is 2.11. The predicted octanol–water partition coefficient (Wildman–Crippen LogP) is 2.51. The van der Waals surface area contributed by atoms with E-state index >= 15 is 0 Å². The van der Waals surface area contributed by atoms with Gasteiger partial charge in [-0.2, -0.15) is 0 Å². The number of nitrogens with one attached hydrogen (secondary N) is 2. The number of aryl methyl sites for hydroxylation is 1. The maximum absolute atomic E-state index is 11.9. The second-order valence-corrected chi connectivity index (χ2v) is 6.42. The molecular formula is C17H21N3O2S. The van der Waals surface area contributed by atoms with Gasteiger partial charge >= 0.3 is 6.03 Å². The fourth-order valence-electron chi connectivity index (χ4n) is 2.10. The average molecular weight is 331 g/mol. The minimum Gasteiger partial charge on any atom is -0.334 e. The number of carbonyl (C=O) groups excluding carboxylic acids is 2. The Balaban J connectivity index is 1.71. The van der Waals surface area contributed by atoms with Gasteiger partial charge in [0.25, 0.3) is 0 Å². The second-order valence-electron chi connectivity index (χ2n) is 5.42. The van der Waals surface area contributed by atoms with E-state index in [1.54, 1.807) is 11.3 Å². The van der Waals surface area contributed by atoms with Crippen LogP contribution in [0.2, 0.25) is 0 Å². The molecule has 0 saturated heterocycles. The van der Waals surface area contributed by atoms with Crippen molar-refractivity contribution >= 4 is 23.3 Å². The Hall–Kier alpha value is -2.18. The molecule has 0 aliphatic carbocycles. The first-order valence-corrected chi connectivity index (χ1v) is 8.25. The Bertz CT molecular complexity index is 655. The molecule has 6 heteroatoms. The maximum atomic E-state index is 11.9. The largest absolute Gasteiger partial charge is 0.334 e. The number of benzene rings is 1. The molecule has 1 aromatic carbocycles. The van der Waals surface area contributed by atoms with Gasteiger partial charge in [0.15, 0.2) is 0 Å². The van der Waals surface area contributed by atoms with Crippen molar-refractivity contribution in [2.24, 2.45) is 0 Å². The van der Waals surface area contributed by atoms with Crippen molar-refractivity contribution in [3.8, 4) is 0 Å². The van der Waals surface area contributed by atoms with Crippen molar-refractivity contribution in [3.05, 3.63) is 57.8 Å². The SMILES string of the molecule is Cc1ccsc1CN(C)CC(=O)NC(=O)NCc1ccccc1. The fraction of sp³-hybridized carbons (Fsp3) is 0.294. The van der Waals surface area contributed by atoms with E-state index in [4.69, 9.17) is 0 Å². The first-order valence-electron chi connectivity index (χ1n) is 7.37. The number of nitrogens with zero attached hydrogens (tertiary/aromatic N) is 1. The van der Waals surface area contributed by atoms with E-state index in [1.165, 1.54) is 10.4 Å². The quantitative estimate of drug-likeness (QED) is 0.855. The smallest absolute Gasteiger partial charge is 0.321 e. The Labute approximate surface area is 140 Å². The van der Waals surface area contributed by atoms with Crippen LogP contribution in [0.1, 0.15) is 16.0 Å². The molecule has 23 heavy (non-hydrogen) atoms. The van der Waals surface area contributed by atoms with E-state index < -0.39 is 6.03 Å². The van der Waals surface area contributed by atoms with Gasteiger partial charge in [-0.15, -0.1) is 11.3 Å². The normalized spacial score (nSPS) is 10.6. The highest BCUT2D eigenvalue weighted by Crippen LogP contribution is 2.16. The van der Waals surface area contributed by atoms with Crippen LogP contribution in [-0.2, 0) is 17.9 Å². The standard InChI is InChI=1S/C17H21N3O2S/c1-13-8-9-23-15(13)11-20(2)12-16(21)19-17(22)18-10-14-6-4-3-5-7-14/h3-9H,10-12H2,1-2H3,(H2,18,19,21,22). The van der Waals surface area contributed by atoms with Gasteiger partial charge in [0.05, 0.1) is 6.54 Å². The molecule has 1 aromatic heterocycles. The van der Waals surface area contributed by atoms with Crippen LogP contribution in [0.25, 0.3) is 0 Å². The summed E-state index contributed by atoms with van der Waals surface area (Å²) in [7, 11) is 1.86. The molecule has 0 radical (unpaired) electrons. The molecular weight excluding hydrogens is 310 g/mol. The zero-order valence-electron chi connectivity index (χ0n) is 13.3. The van der Waals surface area contributed by atoms with Gasteiger partial charge in [0.1, 0.15) is 0 Å². The van der Waals surface area contributed by atoms with Crippen LogP contribution in [0, 0.1) is 6.92 Å². The number of hydrogen-bond acceptors (Lipinski definition) is 4. The first kappa shape index (κ1) is 17.2. The minimum absolute atomic E-state index is 0.177. The summed E-state index contributed by atoms with van der Waals surface area (Å²) in [6.45, 7) is 3.32.